The van der Waals surface area contributed by atoms with Gasteiger partial charge in [0.15, 0.2) is 0 Å². The number of hydrogen-bond donors (Lipinski definition) is 1. The van der Waals surface area contributed by atoms with Gasteiger partial charge in [-0.2, -0.15) is 0 Å². The number of nitrogens with zero attached hydrogens (tertiary/aromatic N) is 1. The van der Waals surface area contributed by atoms with Gasteiger partial charge in [0.05, 0.1) is 0 Å². The van der Waals surface area contributed by atoms with E-state index in [1.54, 1.807) is 0 Å². The Morgan fingerprint density at radius 1 is 1.07 bits per heavy atom. The highest BCUT2D eigenvalue weighted by Crippen LogP contribution is 2.34. The molecule has 0 aromatic carbocycles. The topological polar surface area (TPSA) is 29.3 Å². The normalized spacial score (nSPS) is 31.1. The average Bonchev–Trinajstić information content (AvgIpc) is 2.61. The van der Waals surface area contributed by atoms with Gasteiger partial charge in [-0.05, 0) is 46.1 Å². The fraction of sp³-hybridized carbons (Fsp3) is 1.00. The predicted molar refractivity (Wildman–Crippen MR) is 60.3 cm³/mol. The molecule has 1 aliphatic carbocycles. The van der Waals surface area contributed by atoms with E-state index in [4.69, 9.17) is 5.73 Å². The third kappa shape index (κ3) is 1.96. The van der Waals surface area contributed by atoms with Crippen LogP contribution in [0, 0.1) is 0 Å². The predicted octanol–water partition coefficient (Wildman–Crippen LogP) is 2.13. The summed E-state index contributed by atoms with van der Waals surface area (Å²) >= 11 is 0. The van der Waals surface area contributed by atoms with Crippen molar-refractivity contribution >= 4 is 0 Å². The molecule has 0 radical (unpaired) electrons. The average molecular weight is 196 g/mol. The van der Waals surface area contributed by atoms with E-state index in [1.165, 1.54) is 45.1 Å². The molecule has 2 nitrogen and oxygen atoms in total. The first-order chi connectivity index (χ1) is 6.52. The van der Waals surface area contributed by atoms with Crippen LogP contribution in [0.5, 0.6) is 0 Å². The van der Waals surface area contributed by atoms with Crippen molar-refractivity contribution in [1.82, 2.24) is 4.90 Å². The van der Waals surface area contributed by atoms with E-state index >= 15 is 0 Å². The van der Waals surface area contributed by atoms with Crippen LogP contribution in [0.3, 0.4) is 0 Å². The molecule has 0 aromatic heterocycles. The Balaban J connectivity index is 1.96. The van der Waals surface area contributed by atoms with Crippen molar-refractivity contribution < 1.29 is 0 Å². The highest BCUT2D eigenvalue weighted by molar-refractivity contribution is 4.97. The fourth-order valence-corrected chi connectivity index (χ4v) is 3.07. The summed E-state index contributed by atoms with van der Waals surface area (Å²) < 4.78 is 0. The first-order valence-electron chi connectivity index (χ1n) is 6.06. The molecule has 82 valence electrons. The van der Waals surface area contributed by atoms with E-state index in [9.17, 15) is 0 Å². The van der Waals surface area contributed by atoms with Crippen LogP contribution in [0.4, 0.5) is 0 Å². The lowest BCUT2D eigenvalue weighted by atomic mass is 9.95. The van der Waals surface area contributed by atoms with Crippen LogP contribution in [-0.2, 0) is 0 Å². The SMILES string of the molecule is CC1(C)CCCN1CC1(N)CCCC1. The summed E-state index contributed by atoms with van der Waals surface area (Å²) in [6.07, 6.45) is 7.83. The lowest BCUT2D eigenvalue weighted by molar-refractivity contribution is 0.135. The molecule has 0 bridgehead atoms. The van der Waals surface area contributed by atoms with Crippen LogP contribution in [0.1, 0.15) is 52.4 Å². The third-order valence-corrected chi connectivity index (χ3v) is 4.18. The van der Waals surface area contributed by atoms with Crippen molar-refractivity contribution in [2.45, 2.75) is 63.5 Å². The summed E-state index contributed by atoms with van der Waals surface area (Å²) in [6, 6.07) is 0. The van der Waals surface area contributed by atoms with Gasteiger partial charge >= 0.3 is 0 Å². The quantitative estimate of drug-likeness (QED) is 0.733. The molecule has 1 aliphatic heterocycles. The maximum atomic E-state index is 6.42. The monoisotopic (exact) mass is 196 g/mol. The first kappa shape index (κ1) is 10.4. The van der Waals surface area contributed by atoms with Gasteiger partial charge in [-0.15, -0.1) is 0 Å². The molecule has 2 heteroatoms. The molecule has 0 aromatic rings. The van der Waals surface area contributed by atoms with Crippen molar-refractivity contribution in [2.24, 2.45) is 5.73 Å². The molecule has 0 spiro atoms. The van der Waals surface area contributed by atoms with Crippen LogP contribution in [0.25, 0.3) is 0 Å². The lowest BCUT2D eigenvalue weighted by Crippen LogP contribution is -2.52. The summed E-state index contributed by atoms with van der Waals surface area (Å²) in [5.74, 6) is 0. The second-order valence-electron chi connectivity index (χ2n) is 5.91. The van der Waals surface area contributed by atoms with Crippen molar-refractivity contribution in [3.8, 4) is 0 Å². The highest BCUT2D eigenvalue weighted by Gasteiger charge is 2.38. The van der Waals surface area contributed by atoms with Crippen molar-refractivity contribution in [1.29, 1.82) is 0 Å². The van der Waals surface area contributed by atoms with Crippen LogP contribution in [0.2, 0.25) is 0 Å². The zero-order valence-corrected chi connectivity index (χ0v) is 9.68. The standard InChI is InChI=1S/C12H24N2/c1-11(2)6-5-9-14(11)10-12(13)7-3-4-8-12/h3-10,13H2,1-2H3. The minimum Gasteiger partial charge on any atom is -0.324 e. The largest absolute Gasteiger partial charge is 0.324 e. The number of hydrogen-bond acceptors (Lipinski definition) is 2. The second-order valence-corrected chi connectivity index (χ2v) is 5.91. The first-order valence-corrected chi connectivity index (χ1v) is 6.06. The van der Waals surface area contributed by atoms with Crippen LogP contribution in [0.15, 0.2) is 0 Å². The molecule has 0 atom stereocenters. The maximum Gasteiger partial charge on any atom is 0.0283 e. The number of nitrogens with two attached hydrogens (primary N) is 1. The Morgan fingerprint density at radius 3 is 2.21 bits per heavy atom. The molecule has 2 N–H and O–H groups in total. The summed E-state index contributed by atoms with van der Waals surface area (Å²) in [4.78, 5) is 2.61. The van der Waals surface area contributed by atoms with Crippen molar-refractivity contribution in [2.75, 3.05) is 13.1 Å². The van der Waals surface area contributed by atoms with Gasteiger partial charge in [-0.25, -0.2) is 0 Å². The van der Waals surface area contributed by atoms with Gasteiger partial charge in [-0.3, -0.25) is 4.90 Å². The molecule has 0 unspecified atom stereocenters. The van der Waals surface area contributed by atoms with E-state index < -0.39 is 0 Å². The maximum absolute atomic E-state index is 6.42. The molecular formula is C12H24N2. The Bertz CT molecular complexity index is 204. The molecule has 2 fully saturated rings. The minimum absolute atomic E-state index is 0.140. The third-order valence-electron chi connectivity index (χ3n) is 4.18. The van der Waals surface area contributed by atoms with Crippen LogP contribution < -0.4 is 5.73 Å². The Hall–Kier alpha value is -0.0800. The lowest BCUT2D eigenvalue weighted by Gasteiger charge is -2.37. The molecule has 0 amide bonds. The van der Waals surface area contributed by atoms with E-state index in [2.05, 4.69) is 18.7 Å². The highest BCUT2D eigenvalue weighted by atomic mass is 15.2. The summed E-state index contributed by atoms with van der Waals surface area (Å²) in [5.41, 5.74) is 6.96. The minimum atomic E-state index is 0.140. The molecule has 1 saturated heterocycles. The van der Waals surface area contributed by atoms with E-state index in [-0.39, 0.29) is 5.54 Å². The summed E-state index contributed by atoms with van der Waals surface area (Å²) in [6.45, 7) is 7.10. The van der Waals surface area contributed by atoms with E-state index in [0.29, 0.717) is 5.54 Å². The van der Waals surface area contributed by atoms with Crippen molar-refractivity contribution in [3.05, 3.63) is 0 Å². The molecule has 1 saturated carbocycles. The Kier molecular flexibility index (Phi) is 2.61. The van der Waals surface area contributed by atoms with Gasteiger partial charge < -0.3 is 5.73 Å². The summed E-state index contributed by atoms with van der Waals surface area (Å²) in [5, 5.41) is 0. The van der Waals surface area contributed by atoms with Gasteiger partial charge in [0.2, 0.25) is 0 Å². The second kappa shape index (κ2) is 3.49. The van der Waals surface area contributed by atoms with Gasteiger partial charge in [0.1, 0.15) is 0 Å². The van der Waals surface area contributed by atoms with E-state index in [0.717, 1.165) is 6.54 Å². The van der Waals surface area contributed by atoms with Gasteiger partial charge in [0, 0.05) is 17.6 Å². The zero-order valence-electron chi connectivity index (χ0n) is 9.68. The Labute approximate surface area is 87.8 Å². The van der Waals surface area contributed by atoms with Crippen LogP contribution >= 0.6 is 0 Å². The molecule has 2 rings (SSSR count). The summed E-state index contributed by atoms with van der Waals surface area (Å²) in [7, 11) is 0. The van der Waals surface area contributed by atoms with Gasteiger partial charge in [0.25, 0.3) is 0 Å². The van der Waals surface area contributed by atoms with Crippen LogP contribution in [-0.4, -0.2) is 29.1 Å². The molecule has 2 aliphatic rings. The van der Waals surface area contributed by atoms with Gasteiger partial charge in [-0.1, -0.05) is 12.8 Å². The Morgan fingerprint density at radius 2 is 1.71 bits per heavy atom. The fourth-order valence-electron chi connectivity index (χ4n) is 3.07. The molecular weight excluding hydrogens is 172 g/mol. The van der Waals surface area contributed by atoms with Crippen molar-refractivity contribution in [3.63, 3.8) is 0 Å². The number of likely N-dealkylation sites (tertiary alicyclic amines) is 1. The molecule has 14 heavy (non-hydrogen) atoms. The smallest absolute Gasteiger partial charge is 0.0283 e. The zero-order chi connectivity index (χ0) is 10.2. The van der Waals surface area contributed by atoms with E-state index in [1.807, 2.05) is 0 Å². The number of rotatable bonds is 2. The molecule has 1 heterocycles.